The highest BCUT2D eigenvalue weighted by Crippen LogP contribution is 2.52. The molecule has 10 heteroatoms. The summed E-state index contributed by atoms with van der Waals surface area (Å²) < 4.78 is 0. The van der Waals surface area contributed by atoms with Crippen molar-refractivity contribution in [2.45, 2.75) is 24.5 Å². The van der Waals surface area contributed by atoms with Crippen LogP contribution in [0.2, 0.25) is 0 Å². The predicted molar refractivity (Wildman–Crippen MR) is 108 cm³/mol. The summed E-state index contributed by atoms with van der Waals surface area (Å²) in [5.41, 5.74) is 2.41. The molecule has 10 nitrogen and oxygen atoms in total. The highest BCUT2D eigenvalue weighted by atomic mass is 16.3. The summed E-state index contributed by atoms with van der Waals surface area (Å²) >= 11 is 0. The lowest BCUT2D eigenvalue weighted by atomic mass is 9.57. The number of fused-ring (bicyclic) bond motifs is 3. The van der Waals surface area contributed by atoms with Crippen LogP contribution in [0.5, 0.6) is 5.75 Å². The number of hydrogen-bond acceptors (Lipinski definition) is 8. The molecule has 0 bridgehead atoms. The summed E-state index contributed by atoms with van der Waals surface area (Å²) in [6.07, 6.45) is 0.379. The molecule has 4 atom stereocenters. The van der Waals surface area contributed by atoms with E-state index in [1.54, 1.807) is 26.2 Å². The Bertz CT molecular complexity index is 1070. The maximum Gasteiger partial charge on any atom is 0.255 e. The van der Waals surface area contributed by atoms with Crippen molar-refractivity contribution in [1.29, 1.82) is 0 Å². The fraction of sp³-hybridized carbons (Fsp3) is 0.381. The van der Waals surface area contributed by atoms with E-state index in [2.05, 4.69) is 0 Å². The van der Waals surface area contributed by atoms with E-state index in [1.807, 2.05) is 0 Å². The highest BCUT2D eigenvalue weighted by Gasteiger charge is 2.64. The standard InChI is InChI=1S/C21H22N2O7.H2O/c1-23(2)15-10-7-9-6-8-4-3-5-11(24)12(8)16(25)13(9)18(27)21(10,30)19(28)14(17(15)26)20(22)29;/h3-5,9-10,15,24-25,28,30H,6-7H2,1-2H3,(H2,22,29);1H2/t9-,10+,15-,21-;/m0./s1. The third-order valence-corrected chi connectivity index (χ3v) is 6.46. The molecule has 0 saturated heterocycles. The van der Waals surface area contributed by atoms with Gasteiger partial charge in [0, 0.05) is 11.5 Å². The van der Waals surface area contributed by atoms with Crippen LogP contribution in [0, 0.1) is 11.8 Å². The van der Waals surface area contributed by atoms with E-state index in [4.69, 9.17) is 5.73 Å². The van der Waals surface area contributed by atoms with Gasteiger partial charge in [-0.2, -0.15) is 0 Å². The molecular formula is C21H24N2O8. The average molecular weight is 432 g/mol. The van der Waals surface area contributed by atoms with Crippen LogP contribution in [-0.4, -0.2) is 74.0 Å². The number of aromatic hydroxyl groups is 1. The molecule has 1 saturated carbocycles. The molecule has 1 aromatic rings. The van der Waals surface area contributed by atoms with E-state index in [9.17, 15) is 34.8 Å². The van der Waals surface area contributed by atoms with Crippen molar-refractivity contribution in [3.05, 3.63) is 46.2 Å². The van der Waals surface area contributed by atoms with Gasteiger partial charge in [0.25, 0.3) is 5.91 Å². The first kappa shape index (κ1) is 22.5. The lowest BCUT2D eigenvalue weighted by Crippen LogP contribution is -2.65. The first-order valence-corrected chi connectivity index (χ1v) is 9.47. The number of benzene rings is 1. The smallest absolute Gasteiger partial charge is 0.255 e. The maximum absolute atomic E-state index is 13.5. The summed E-state index contributed by atoms with van der Waals surface area (Å²) in [6, 6.07) is 3.62. The molecule has 0 unspecified atom stereocenters. The number of phenolic OH excluding ortho intramolecular Hbond substituents is 1. The summed E-state index contributed by atoms with van der Waals surface area (Å²) in [7, 11) is 3.12. The topological polar surface area (TPSA) is 193 Å². The molecule has 166 valence electrons. The molecule has 3 aliphatic carbocycles. The van der Waals surface area contributed by atoms with Crippen molar-refractivity contribution in [2.75, 3.05) is 14.1 Å². The Balaban J connectivity index is 0.00000272. The van der Waals surface area contributed by atoms with E-state index < -0.39 is 58.0 Å². The highest BCUT2D eigenvalue weighted by molar-refractivity contribution is 6.24. The van der Waals surface area contributed by atoms with Gasteiger partial charge in [-0.1, -0.05) is 12.1 Å². The lowest BCUT2D eigenvalue weighted by Gasteiger charge is -2.50. The Morgan fingerprint density at radius 3 is 2.42 bits per heavy atom. The van der Waals surface area contributed by atoms with Crippen LogP contribution in [0.3, 0.4) is 0 Å². The molecule has 1 aromatic carbocycles. The molecule has 0 spiro atoms. The molecule has 1 fully saturated rings. The van der Waals surface area contributed by atoms with Gasteiger partial charge in [-0.25, -0.2) is 0 Å². The number of likely N-dealkylation sites (N-methyl/N-ethyl adjacent to an activating group) is 1. The summed E-state index contributed by atoms with van der Waals surface area (Å²) in [4.78, 5) is 39.7. The number of amides is 1. The minimum atomic E-state index is -2.60. The number of phenols is 1. The average Bonchev–Trinajstić information content (AvgIpc) is 2.64. The molecule has 8 N–H and O–H groups in total. The van der Waals surface area contributed by atoms with Gasteiger partial charge >= 0.3 is 0 Å². The number of nitrogens with two attached hydrogens (primary N) is 1. The van der Waals surface area contributed by atoms with Crippen LogP contribution in [0.15, 0.2) is 35.1 Å². The number of nitrogens with zero attached hydrogens (tertiary/aromatic N) is 1. The van der Waals surface area contributed by atoms with E-state index >= 15 is 0 Å². The quantitative estimate of drug-likeness (QED) is 0.372. The van der Waals surface area contributed by atoms with Crippen molar-refractivity contribution in [3.63, 3.8) is 0 Å². The second-order valence-electron chi connectivity index (χ2n) is 8.27. The number of hydrogen-bond donors (Lipinski definition) is 5. The van der Waals surface area contributed by atoms with Crippen molar-refractivity contribution >= 4 is 23.2 Å². The third-order valence-electron chi connectivity index (χ3n) is 6.46. The SMILES string of the molecule is CN(C)[C@@H]1C(=O)C(C(N)=O)=C(O)[C@@]2(O)C(=O)C3=C(O)c4c(O)cccc4C[C@H]3C[C@H]12.O. The monoisotopic (exact) mass is 432 g/mol. The summed E-state index contributed by atoms with van der Waals surface area (Å²) in [5, 5.41) is 43.1. The summed E-state index contributed by atoms with van der Waals surface area (Å²) in [6.45, 7) is 0. The first-order valence-electron chi connectivity index (χ1n) is 9.47. The zero-order chi connectivity index (χ0) is 22.1. The van der Waals surface area contributed by atoms with E-state index in [0.29, 0.717) is 12.0 Å². The van der Waals surface area contributed by atoms with Gasteiger partial charge in [-0.05, 0) is 44.5 Å². The van der Waals surface area contributed by atoms with E-state index in [0.717, 1.165) is 0 Å². The predicted octanol–water partition coefficient (Wildman–Crippen LogP) is -0.861. The molecule has 0 aromatic heterocycles. The van der Waals surface area contributed by atoms with Crippen LogP contribution >= 0.6 is 0 Å². The van der Waals surface area contributed by atoms with E-state index in [-0.39, 0.29) is 28.8 Å². The molecule has 1 amide bonds. The minimum absolute atomic E-state index is 0. The number of aliphatic hydroxyl groups excluding tert-OH is 2. The van der Waals surface area contributed by atoms with Gasteiger partial charge in [0.2, 0.25) is 5.78 Å². The fourth-order valence-electron chi connectivity index (χ4n) is 5.18. The van der Waals surface area contributed by atoms with Crippen LogP contribution in [-0.2, 0) is 20.8 Å². The Morgan fingerprint density at radius 2 is 1.84 bits per heavy atom. The molecule has 31 heavy (non-hydrogen) atoms. The molecular weight excluding hydrogens is 408 g/mol. The Morgan fingerprint density at radius 1 is 1.19 bits per heavy atom. The van der Waals surface area contributed by atoms with Crippen molar-refractivity contribution in [3.8, 4) is 5.75 Å². The molecule has 4 rings (SSSR count). The molecule has 0 heterocycles. The normalized spacial score (nSPS) is 29.9. The van der Waals surface area contributed by atoms with Gasteiger partial charge in [0.05, 0.1) is 11.6 Å². The van der Waals surface area contributed by atoms with Gasteiger partial charge in [0.1, 0.15) is 22.8 Å². The number of rotatable bonds is 2. The van der Waals surface area contributed by atoms with Gasteiger partial charge in [0.15, 0.2) is 11.4 Å². The van der Waals surface area contributed by atoms with Crippen LogP contribution in [0.1, 0.15) is 17.5 Å². The van der Waals surface area contributed by atoms with Gasteiger partial charge in [-0.3, -0.25) is 19.3 Å². The van der Waals surface area contributed by atoms with Gasteiger partial charge in [-0.15, -0.1) is 0 Å². The zero-order valence-corrected chi connectivity index (χ0v) is 16.9. The summed E-state index contributed by atoms with van der Waals surface area (Å²) in [5.74, 6) is -6.43. The van der Waals surface area contributed by atoms with Crippen molar-refractivity contribution in [2.24, 2.45) is 17.6 Å². The van der Waals surface area contributed by atoms with Crippen LogP contribution in [0.25, 0.3) is 5.76 Å². The van der Waals surface area contributed by atoms with Crippen molar-refractivity contribution in [1.82, 2.24) is 4.90 Å². The molecule has 3 aliphatic rings. The number of ketones is 2. The minimum Gasteiger partial charge on any atom is -0.508 e. The Hall–Kier alpha value is -3.21. The van der Waals surface area contributed by atoms with Gasteiger partial charge < -0.3 is 31.6 Å². The van der Waals surface area contributed by atoms with Crippen LogP contribution < -0.4 is 5.73 Å². The number of carbonyl (C=O) groups is 3. The number of primary amides is 1. The lowest BCUT2D eigenvalue weighted by molar-refractivity contribution is -0.153. The molecule has 0 radical (unpaired) electrons. The van der Waals surface area contributed by atoms with Crippen LogP contribution in [0.4, 0.5) is 0 Å². The first-order chi connectivity index (χ1) is 14.0. The fourth-order valence-corrected chi connectivity index (χ4v) is 5.18. The Kier molecular flexibility index (Phi) is 5.21. The maximum atomic E-state index is 13.5. The number of Topliss-reactive ketones (excluding diaryl/α,β-unsaturated/α-hetero) is 2. The largest absolute Gasteiger partial charge is 0.508 e. The number of aliphatic hydroxyl groups is 3. The van der Waals surface area contributed by atoms with E-state index in [1.165, 1.54) is 11.0 Å². The zero-order valence-electron chi connectivity index (χ0n) is 16.9. The molecule has 0 aliphatic heterocycles. The Labute approximate surface area is 177 Å². The second-order valence-corrected chi connectivity index (χ2v) is 8.27. The second kappa shape index (κ2) is 7.19. The van der Waals surface area contributed by atoms with Crippen molar-refractivity contribution < 1.29 is 40.3 Å². The third kappa shape index (κ3) is 2.79. The number of carbonyl (C=O) groups excluding carboxylic acids is 3.